The Labute approximate surface area is 59.4 Å². The van der Waals surface area contributed by atoms with Gasteiger partial charge >= 0.3 is 0 Å². The van der Waals surface area contributed by atoms with Gasteiger partial charge < -0.3 is 10.2 Å². The van der Waals surface area contributed by atoms with Gasteiger partial charge in [0.1, 0.15) is 0 Å². The Balaban J connectivity index is 2.38. The summed E-state index contributed by atoms with van der Waals surface area (Å²) in [6.45, 7) is 0.00435. The number of aliphatic hydroxyl groups excluding tert-OH is 2. The summed E-state index contributed by atoms with van der Waals surface area (Å²) in [6, 6.07) is 0. The molecule has 0 heterocycles. The first-order chi connectivity index (χ1) is 4.24. The zero-order valence-electron chi connectivity index (χ0n) is 5.00. The van der Waals surface area contributed by atoms with Gasteiger partial charge in [-0.15, -0.1) is 11.6 Å². The zero-order valence-corrected chi connectivity index (χ0v) is 5.75. The second-order valence-electron chi connectivity index (χ2n) is 2.36. The largest absolute Gasteiger partial charge is 0.396 e. The van der Waals surface area contributed by atoms with Crippen LogP contribution in [0.15, 0.2) is 0 Å². The van der Waals surface area contributed by atoms with E-state index in [2.05, 4.69) is 0 Å². The lowest BCUT2D eigenvalue weighted by atomic mass is 10.1. The van der Waals surface area contributed by atoms with Crippen molar-refractivity contribution in [2.75, 3.05) is 6.61 Å². The van der Waals surface area contributed by atoms with E-state index in [1.807, 2.05) is 0 Å². The predicted octanol–water partition coefficient (Wildman–Crippen LogP) is 0.171. The van der Waals surface area contributed by atoms with Gasteiger partial charge in [0, 0.05) is 17.9 Å². The average molecular weight is 150 g/mol. The fraction of sp³-hybridized carbons (Fsp3) is 0.833. The Hall–Kier alpha value is 0.210. The maximum Gasteiger partial charge on any atom is 0.0607 e. The maximum absolute atomic E-state index is 9.08. The topological polar surface area (TPSA) is 40.5 Å². The molecule has 1 aliphatic rings. The number of hydrogen-bond donors (Lipinski definition) is 2. The molecule has 2 N–H and O–H groups in total. The molecule has 9 heavy (non-hydrogen) atoms. The molecule has 2 nitrogen and oxygen atoms in total. The van der Waals surface area contributed by atoms with Crippen molar-refractivity contribution < 1.29 is 10.2 Å². The molecule has 3 atom stereocenters. The van der Waals surface area contributed by atoms with Crippen LogP contribution in [0, 0.1) is 12.3 Å². The molecular weight excluding hydrogens is 140 g/mol. The smallest absolute Gasteiger partial charge is 0.0607 e. The Morgan fingerprint density at radius 1 is 1.67 bits per heavy atom. The van der Waals surface area contributed by atoms with Crippen LogP contribution in [0.2, 0.25) is 0 Å². The van der Waals surface area contributed by atoms with E-state index in [4.69, 9.17) is 21.8 Å². The van der Waals surface area contributed by atoms with E-state index in [-0.39, 0.29) is 17.9 Å². The van der Waals surface area contributed by atoms with Crippen molar-refractivity contribution in [2.24, 2.45) is 5.92 Å². The van der Waals surface area contributed by atoms with Crippen molar-refractivity contribution in [3.63, 3.8) is 0 Å². The second kappa shape index (κ2) is 2.86. The third-order valence-corrected chi connectivity index (χ3v) is 1.95. The van der Waals surface area contributed by atoms with Gasteiger partial charge in [-0.3, -0.25) is 0 Å². The second-order valence-corrected chi connectivity index (χ2v) is 2.92. The van der Waals surface area contributed by atoms with E-state index in [1.165, 1.54) is 0 Å². The summed E-state index contributed by atoms with van der Waals surface area (Å²) in [5.74, 6) is -0.104. The van der Waals surface area contributed by atoms with Crippen molar-refractivity contribution in [3.8, 4) is 0 Å². The standard InChI is InChI=1S/C6H10ClO2/c7-5-1-4(3-8)6(9)2-5/h1,4-6,8-9H,2-3H2. The molecule has 0 aromatic rings. The Morgan fingerprint density at radius 2 is 2.33 bits per heavy atom. The van der Waals surface area contributed by atoms with Crippen LogP contribution in [0.1, 0.15) is 6.42 Å². The van der Waals surface area contributed by atoms with E-state index in [1.54, 1.807) is 6.42 Å². The van der Waals surface area contributed by atoms with E-state index in [0.717, 1.165) is 0 Å². The Kier molecular flexibility index (Phi) is 2.33. The van der Waals surface area contributed by atoms with Gasteiger partial charge in [-0.2, -0.15) is 0 Å². The third kappa shape index (κ3) is 1.57. The van der Waals surface area contributed by atoms with Gasteiger partial charge in [0.2, 0.25) is 0 Å². The summed E-state index contributed by atoms with van der Waals surface area (Å²) in [4.78, 5) is 0. The number of halogens is 1. The fourth-order valence-electron chi connectivity index (χ4n) is 1.06. The molecule has 3 unspecified atom stereocenters. The van der Waals surface area contributed by atoms with Crippen LogP contribution in [-0.2, 0) is 0 Å². The van der Waals surface area contributed by atoms with Gasteiger partial charge in [0.15, 0.2) is 0 Å². The molecule has 1 radical (unpaired) electrons. The molecule has 53 valence electrons. The fourth-order valence-corrected chi connectivity index (χ4v) is 1.43. The minimum Gasteiger partial charge on any atom is -0.396 e. The van der Waals surface area contributed by atoms with Gasteiger partial charge in [-0.05, 0) is 12.8 Å². The normalized spacial score (nSPS) is 43.7. The van der Waals surface area contributed by atoms with Crippen molar-refractivity contribution in [1.29, 1.82) is 0 Å². The first-order valence-electron chi connectivity index (χ1n) is 3.02. The van der Waals surface area contributed by atoms with Gasteiger partial charge in [0.05, 0.1) is 6.10 Å². The first kappa shape index (κ1) is 7.32. The predicted molar refractivity (Wildman–Crippen MR) is 35.1 cm³/mol. The lowest BCUT2D eigenvalue weighted by Gasteiger charge is -2.07. The molecule has 0 saturated heterocycles. The summed E-state index contributed by atoms with van der Waals surface area (Å²) in [5, 5.41) is 17.6. The number of aliphatic hydroxyl groups is 2. The van der Waals surface area contributed by atoms with Crippen LogP contribution in [0.25, 0.3) is 0 Å². The summed E-state index contributed by atoms with van der Waals surface area (Å²) in [7, 11) is 0. The molecule has 0 spiro atoms. The van der Waals surface area contributed by atoms with Crippen LogP contribution in [0.5, 0.6) is 0 Å². The minimum atomic E-state index is -0.433. The van der Waals surface area contributed by atoms with Crippen molar-refractivity contribution in [2.45, 2.75) is 17.9 Å². The van der Waals surface area contributed by atoms with Crippen molar-refractivity contribution in [1.82, 2.24) is 0 Å². The van der Waals surface area contributed by atoms with E-state index < -0.39 is 6.10 Å². The first-order valence-corrected chi connectivity index (χ1v) is 3.45. The molecule has 0 amide bonds. The van der Waals surface area contributed by atoms with E-state index in [9.17, 15) is 0 Å². The number of alkyl halides is 1. The number of rotatable bonds is 1. The lowest BCUT2D eigenvalue weighted by molar-refractivity contribution is 0.102. The van der Waals surface area contributed by atoms with Crippen molar-refractivity contribution >= 4 is 11.6 Å². The highest BCUT2D eigenvalue weighted by Gasteiger charge is 2.31. The quantitative estimate of drug-likeness (QED) is 0.522. The van der Waals surface area contributed by atoms with Gasteiger partial charge in [0.25, 0.3) is 0 Å². The lowest BCUT2D eigenvalue weighted by Crippen LogP contribution is -2.16. The molecule has 1 aliphatic carbocycles. The van der Waals surface area contributed by atoms with Crippen LogP contribution >= 0.6 is 11.6 Å². The summed E-state index contributed by atoms with van der Waals surface area (Å²) in [6.07, 6.45) is 1.93. The van der Waals surface area contributed by atoms with Gasteiger partial charge in [-0.25, -0.2) is 0 Å². The summed E-state index contributed by atoms with van der Waals surface area (Å²) < 4.78 is 0. The molecular formula is C6H10ClO2. The average Bonchev–Trinajstić information content (AvgIpc) is 2.10. The van der Waals surface area contributed by atoms with E-state index >= 15 is 0 Å². The van der Waals surface area contributed by atoms with Crippen LogP contribution in [-0.4, -0.2) is 28.3 Å². The highest BCUT2D eigenvalue weighted by molar-refractivity contribution is 6.21. The van der Waals surface area contributed by atoms with Gasteiger partial charge in [-0.1, -0.05) is 0 Å². The zero-order chi connectivity index (χ0) is 6.85. The SMILES string of the molecule is OCC1[CH]C(Cl)CC1O. The van der Waals surface area contributed by atoms with Crippen LogP contribution in [0.3, 0.4) is 0 Å². The summed E-state index contributed by atoms with van der Waals surface area (Å²) >= 11 is 5.65. The van der Waals surface area contributed by atoms with E-state index in [0.29, 0.717) is 6.42 Å². The van der Waals surface area contributed by atoms with Crippen LogP contribution in [0.4, 0.5) is 0 Å². The molecule has 3 heteroatoms. The van der Waals surface area contributed by atoms with Crippen LogP contribution < -0.4 is 0 Å². The van der Waals surface area contributed by atoms with Crippen molar-refractivity contribution in [3.05, 3.63) is 6.42 Å². The molecule has 1 rings (SSSR count). The summed E-state index contributed by atoms with van der Waals surface area (Å²) in [5.41, 5.74) is 0. The number of hydrogen-bond acceptors (Lipinski definition) is 2. The molecule has 0 aromatic carbocycles. The molecule has 0 bridgehead atoms. The minimum absolute atomic E-state index is 0.00435. The highest BCUT2D eigenvalue weighted by Crippen LogP contribution is 2.28. The molecule has 0 aliphatic heterocycles. The maximum atomic E-state index is 9.08. The third-order valence-electron chi connectivity index (χ3n) is 1.63. The Bertz CT molecular complexity index is 97.1. The molecule has 1 fully saturated rings. The molecule has 1 saturated carbocycles. The molecule has 0 aromatic heterocycles. The monoisotopic (exact) mass is 149 g/mol. The Morgan fingerprint density at radius 3 is 2.56 bits per heavy atom. The highest BCUT2D eigenvalue weighted by atomic mass is 35.5.